The van der Waals surface area contributed by atoms with E-state index in [1.807, 2.05) is 0 Å². The van der Waals surface area contributed by atoms with Gasteiger partial charge in [0, 0.05) is 0 Å². The van der Waals surface area contributed by atoms with E-state index in [0.717, 1.165) is 17.9 Å². The molecular formula is C7H11NO3S2. The minimum absolute atomic E-state index is 0.0305. The summed E-state index contributed by atoms with van der Waals surface area (Å²) in [6.07, 6.45) is -0.00924. The Hall–Kier alpha value is -0.360. The Kier molecular flexibility index (Phi) is 4.44. The lowest BCUT2D eigenvalue weighted by atomic mass is 10.4. The molecule has 0 atom stereocenters. The zero-order valence-corrected chi connectivity index (χ0v) is 8.62. The van der Waals surface area contributed by atoms with Gasteiger partial charge in [-0.3, -0.25) is 4.79 Å². The summed E-state index contributed by atoms with van der Waals surface area (Å²) in [5.41, 5.74) is 0. The molecule has 1 amide bonds. The molecule has 0 aromatic heterocycles. The van der Waals surface area contributed by atoms with Gasteiger partial charge < -0.3 is 10.4 Å². The van der Waals surface area contributed by atoms with Crippen LogP contribution in [-0.4, -0.2) is 39.6 Å². The lowest BCUT2D eigenvalue weighted by Gasteiger charge is -2.19. The van der Waals surface area contributed by atoms with Crippen LogP contribution in [0.4, 0.5) is 4.79 Å². The summed E-state index contributed by atoms with van der Waals surface area (Å²) in [5.74, 6) is 1.96. The van der Waals surface area contributed by atoms with Crippen LogP contribution in [-0.2, 0) is 4.79 Å². The summed E-state index contributed by atoms with van der Waals surface area (Å²) >= 11 is 3.21. The van der Waals surface area contributed by atoms with Crippen LogP contribution < -0.4 is 5.32 Å². The highest BCUT2D eigenvalue weighted by atomic mass is 32.2. The average molecular weight is 221 g/mol. The van der Waals surface area contributed by atoms with E-state index in [1.165, 1.54) is 0 Å². The van der Waals surface area contributed by atoms with Crippen molar-refractivity contribution in [2.45, 2.75) is 11.0 Å². The third kappa shape index (κ3) is 3.91. The van der Waals surface area contributed by atoms with E-state index in [1.54, 1.807) is 23.5 Å². The van der Waals surface area contributed by atoms with Crippen molar-refractivity contribution in [3.63, 3.8) is 0 Å². The van der Waals surface area contributed by atoms with Crippen molar-refractivity contribution in [2.24, 2.45) is 0 Å². The first kappa shape index (κ1) is 10.7. The number of Topliss-reactive ketones (excluding diaryl/α,β-unsaturated/α-hetero) is 1. The van der Waals surface area contributed by atoms with Gasteiger partial charge in [0.1, 0.15) is 4.58 Å². The molecule has 1 aliphatic rings. The van der Waals surface area contributed by atoms with Crippen LogP contribution in [0.3, 0.4) is 0 Å². The van der Waals surface area contributed by atoms with E-state index in [0.29, 0.717) is 0 Å². The number of nitrogens with one attached hydrogen (secondary N) is 1. The summed E-state index contributed by atoms with van der Waals surface area (Å²) < 4.78 is -0.0689. The van der Waals surface area contributed by atoms with Crippen LogP contribution in [0, 0.1) is 0 Å². The van der Waals surface area contributed by atoms with Crippen molar-refractivity contribution in [1.29, 1.82) is 0 Å². The minimum atomic E-state index is -1.14. The highest BCUT2D eigenvalue weighted by Gasteiger charge is 2.22. The van der Waals surface area contributed by atoms with Gasteiger partial charge >= 0.3 is 6.09 Å². The second-order valence-electron chi connectivity index (χ2n) is 2.55. The van der Waals surface area contributed by atoms with Crippen molar-refractivity contribution in [2.75, 3.05) is 18.1 Å². The summed E-state index contributed by atoms with van der Waals surface area (Å²) in [5, 5.41) is 10.4. The first-order chi connectivity index (χ1) is 6.20. The molecule has 1 heterocycles. The van der Waals surface area contributed by atoms with Crippen molar-refractivity contribution >= 4 is 35.4 Å². The number of thioether (sulfide) groups is 2. The standard InChI is InChI=1S/C7H11NO3S2/c9-5(4-8-7(10)11)6-12-2-1-3-13-6/h6,8H,1-4H2,(H,10,11). The van der Waals surface area contributed by atoms with Crippen molar-refractivity contribution in [3.8, 4) is 0 Å². The van der Waals surface area contributed by atoms with Crippen LogP contribution in [0.2, 0.25) is 0 Å². The fourth-order valence-electron chi connectivity index (χ4n) is 0.920. The number of carbonyl (C=O) groups excluding carboxylic acids is 1. The molecule has 4 nitrogen and oxygen atoms in total. The number of ketones is 1. The fraction of sp³-hybridized carbons (Fsp3) is 0.714. The van der Waals surface area contributed by atoms with Crippen LogP contribution >= 0.6 is 23.5 Å². The smallest absolute Gasteiger partial charge is 0.405 e. The molecule has 0 spiro atoms. The lowest BCUT2D eigenvalue weighted by molar-refractivity contribution is -0.116. The quantitative estimate of drug-likeness (QED) is 0.745. The predicted octanol–water partition coefficient (Wildman–Crippen LogP) is 1.02. The molecule has 0 bridgehead atoms. The highest BCUT2D eigenvalue weighted by molar-refractivity contribution is 8.18. The normalized spacial score (nSPS) is 18.2. The van der Waals surface area contributed by atoms with E-state index >= 15 is 0 Å². The summed E-state index contributed by atoms with van der Waals surface area (Å²) in [7, 11) is 0. The second-order valence-corrected chi connectivity index (χ2v) is 5.28. The third-order valence-corrected chi connectivity index (χ3v) is 4.50. The lowest BCUT2D eigenvalue weighted by Crippen LogP contribution is -2.33. The Balaban J connectivity index is 2.25. The van der Waals surface area contributed by atoms with Gasteiger partial charge in [0.15, 0.2) is 5.78 Å². The largest absolute Gasteiger partial charge is 0.465 e. The molecule has 0 unspecified atom stereocenters. The van der Waals surface area contributed by atoms with Crippen molar-refractivity contribution < 1.29 is 14.7 Å². The molecule has 0 saturated carbocycles. The number of carboxylic acid groups (broad SMARTS) is 1. The Morgan fingerprint density at radius 1 is 1.38 bits per heavy atom. The number of hydrogen-bond acceptors (Lipinski definition) is 4. The summed E-state index contributed by atoms with van der Waals surface area (Å²) in [6.45, 7) is -0.0694. The topological polar surface area (TPSA) is 66.4 Å². The molecule has 6 heteroatoms. The van der Waals surface area contributed by atoms with E-state index in [2.05, 4.69) is 5.32 Å². The summed E-state index contributed by atoms with van der Waals surface area (Å²) in [6, 6.07) is 0. The first-order valence-electron chi connectivity index (χ1n) is 3.93. The number of hydrogen-bond donors (Lipinski definition) is 2. The van der Waals surface area contributed by atoms with Gasteiger partial charge in [0.25, 0.3) is 0 Å². The minimum Gasteiger partial charge on any atom is -0.465 e. The molecule has 1 rings (SSSR count). The maximum atomic E-state index is 11.3. The van der Waals surface area contributed by atoms with Crippen LogP contribution in [0.1, 0.15) is 6.42 Å². The third-order valence-electron chi connectivity index (χ3n) is 1.50. The predicted molar refractivity (Wildman–Crippen MR) is 54.4 cm³/mol. The maximum Gasteiger partial charge on any atom is 0.405 e. The monoisotopic (exact) mass is 221 g/mol. The number of amides is 1. The SMILES string of the molecule is O=C(O)NCC(=O)C1SCCCS1. The van der Waals surface area contributed by atoms with Gasteiger partial charge in [-0.05, 0) is 17.9 Å². The van der Waals surface area contributed by atoms with Crippen molar-refractivity contribution in [1.82, 2.24) is 5.32 Å². The van der Waals surface area contributed by atoms with Gasteiger partial charge in [-0.2, -0.15) is 0 Å². The molecule has 0 aliphatic carbocycles. The molecule has 0 aromatic rings. The van der Waals surface area contributed by atoms with E-state index in [9.17, 15) is 9.59 Å². The van der Waals surface area contributed by atoms with Crippen molar-refractivity contribution in [3.05, 3.63) is 0 Å². The molecule has 1 aliphatic heterocycles. The first-order valence-corrected chi connectivity index (χ1v) is 6.02. The molecule has 1 fully saturated rings. The zero-order chi connectivity index (χ0) is 9.68. The van der Waals surface area contributed by atoms with Crippen LogP contribution in [0.15, 0.2) is 0 Å². The molecule has 0 aromatic carbocycles. The zero-order valence-electron chi connectivity index (χ0n) is 6.99. The van der Waals surface area contributed by atoms with Gasteiger partial charge in [0.05, 0.1) is 6.54 Å². The highest BCUT2D eigenvalue weighted by Crippen LogP contribution is 2.30. The van der Waals surface area contributed by atoms with Gasteiger partial charge in [-0.1, -0.05) is 0 Å². The van der Waals surface area contributed by atoms with Gasteiger partial charge in [-0.15, -0.1) is 23.5 Å². The molecule has 2 N–H and O–H groups in total. The second kappa shape index (κ2) is 5.39. The van der Waals surface area contributed by atoms with Gasteiger partial charge in [0.2, 0.25) is 0 Å². The van der Waals surface area contributed by atoms with E-state index in [4.69, 9.17) is 5.11 Å². The van der Waals surface area contributed by atoms with Gasteiger partial charge in [-0.25, -0.2) is 4.79 Å². The fourth-order valence-corrected chi connectivity index (χ4v) is 3.65. The van der Waals surface area contributed by atoms with Crippen LogP contribution in [0.25, 0.3) is 0 Å². The molecule has 0 radical (unpaired) electrons. The molecular weight excluding hydrogens is 210 g/mol. The maximum absolute atomic E-state index is 11.3. The Bertz CT molecular complexity index is 204. The van der Waals surface area contributed by atoms with E-state index < -0.39 is 6.09 Å². The molecule has 13 heavy (non-hydrogen) atoms. The van der Waals surface area contributed by atoms with Crippen LogP contribution in [0.5, 0.6) is 0 Å². The number of carbonyl (C=O) groups is 2. The molecule has 74 valence electrons. The Labute approximate surface area is 84.8 Å². The molecule has 1 saturated heterocycles. The van der Waals surface area contributed by atoms with E-state index in [-0.39, 0.29) is 16.9 Å². The number of rotatable bonds is 3. The summed E-state index contributed by atoms with van der Waals surface area (Å²) in [4.78, 5) is 21.4. The average Bonchev–Trinajstić information content (AvgIpc) is 2.15. The Morgan fingerprint density at radius 3 is 2.54 bits per heavy atom. The Morgan fingerprint density at radius 2 is 2.00 bits per heavy atom.